The highest BCUT2D eigenvalue weighted by molar-refractivity contribution is 7.91. The first-order valence-electron chi connectivity index (χ1n) is 5.27. The minimum Gasteiger partial charge on any atom is -0.481 e. The molecule has 106 valence electrons. The summed E-state index contributed by atoms with van der Waals surface area (Å²) >= 11 is 0. The van der Waals surface area contributed by atoms with Crippen molar-refractivity contribution in [2.24, 2.45) is 0 Å². The predicted molar refractivity (Wildman–Crippen MR) is 56.9 cm³/mol. The minimum atomic E-state index is -4.69. The summed E-state index contributed by atoms with van der Waals surface area (Å²) in [4.78, 5) is 11.4. The van der Waals surface area contributed by atoms with Crippen molar-refractivity contribution in [2.75, 3.05) is 18.1 Å². The minimum absolute atomic E-state index is 0.291. The molecule has 1 fully saturated rings. The number of hydrogen-bond acceptors (Lipinski definition) is 4. The lowest BCUT2D eigenvalue weighted by Crippen LogP contribution is -2.56. The maximum absolute atomic E-state index is 12.8. The molecule has 1 rings (SSSR count). The molecule has 2 atom stereocenters. The van der Waals surface area contributed by atoms with Gasteiger partial charge in [-0.1, -0.05) is 0 Å². The van der Waals surface area contributed by atoms with Gasteiger partial charge in [0.1, 0.15) is 6.04 Å². The molecule has 0 aliphatic carbocycles. The van der Waals surface area contributed by atoms with Crippen molar-refractivity contribution in [1.82, 2.24) is 4.90 Å². The van der Waals surface area contributed by atoms with E-state index in [1.165, 1.54) is 6.92 Å². The molecule has 0 bridgehead atoms. The molecule has 0 aromatic carbocycles. The van der Waals surface area contributed by atoms with Gasteiger partial charge < -0.3 is 5.11 Å². The molecule has 5 nitrogen and oxygen atoms in total. The van der Waals surface area contributed by atoms with Crippen LogP contribution in [-0.2, 0) is 14.6 Å². The Kier molecular flexibility index (Phi) is 4.26. The molecular formula is C9H14F3NO4S. The van der Waals surface area contributed by atoms with E-state index in [1.807, 2.05) is 0 Å². The number of hydrogen-bond donors (Lipinski definition) is 1. The van der Waals surface area contributed by atoms with Gasteiger partial charge in [-0.15, -0.1) is 0 Å². The molecule has 0 radical (unpaired) electrons. The first kappa shape index (κ1) is 15.2. The Hall–Kier alpha value is -0.830. The Morgan fingerprint density at radius 2 is 2.06 bits per heavy atom. The summed E-state index contributed by atoms with van der Waals surface area (Å²) in [6.45, 7) is 1.07. The molecular weight excluding hydrogens is 275 g/mol. The summed E-state index contributed by atoms with van der Waals surface area (Å²) in [6, 6.07) is -2.98. The quantitative estimate of drug-likeness (QED) is 0.819. The van der Waals surface area contributed by atoms with Gasteiger partial charge in [0, 0.05) is 12.6 Å². The van der Waals surface area contributed by atoms with Gasteiger partial charge >= 0.3 is 12.1 Å². The summed E-state index contributed by atoms with van der Waals surface area (Å²) in [5.74, 6) is -2.30. The number of carbonyl (C=O) groups is 1. The Labute approximate surface area is 102 Å². The fourth-order valence-electron chi connectivity index (χ4n) is 2.06. The monoisotopic (exact) mass is 289 g/mol. The zero-order valence-corrected chi connectivity index (χ0v) is 10.5. The maximum atomic E-state index is 12.8. The topological polar surface area (TPSA) is 74.7 Å². The molecule has 0 spiro atoms. The third kappa shape index (κ3) is 3.84. The van der Waals surface area contributed by atoms with Crippen molar-refractivity contribution < 1.29 is 31.5 Å². The molecule has 2 unspecified atom stereocenters. The van der Waals surface area contributed by atoms with Crippen LogP contribution in [0, 0.1) is 0 Å². The van der Waals surface area contributed by atoms with E-state index in [9.17, 15) is 26.4 Å². The van der Waals surface area contributed by atoms with Crippen molar-refractivity contribution >= 4 is 15.8 Å². The van der Waals surface area contributed by atoms with Gasteiger partial charge in [0.05, 0.1) is 17.9 Å². The average Bonchev–Trinajstić information content (AvgIpc) is 2.11. The normalized spacial score (nSPS) is 26.8. The van der Waals surface area contributed by atoms with Crippen LogP contribution in [0.15, 0.2) is 0 Å². The van der Waals surface area contributed by atoms with E-state index in [1.54, 1.807) is 0 Å². The van der Waals surface area contributed by atoms with Gasteiger partial charge in [-0.2, -0.15) is 13.2 Å². The van der Waals surface area contributed by atoms with Gasteiger partial charge in [-0.3, -0.25) is 9.69 Å². The fraction of sp³-hybridized carbons (Fsp3) is 0.889. The van der Waals surface area contributed by atoms with Crippen LogP contribution in [0.5, 0.6) is 0 Å². The molecule has 1 heterocycles. The van der Waals surface area contributed by atoms with Crippen LogP contribution >= 0.6 is 0 Å². The third-order valence-electron chi connectivity index (χ3n) is 2.87. The molecule has 9 heteroatoms. The lowest BCUT2D eigenvalue weighted by molar-refractivity contribution is -0.194. The number of carboxylic acid groups (broad SMARTS) is 1. The summed E-state index contributed by atoms with van der Waals surface area (Å²) < 4.78 is 60.9. The van der Waals surface area contributed by atoms with E-state index in [0.717, 1.165) is 4.90 Å². The molecule has 0 saturated carbocycles. The lowest BCUT2D eigenvalue weighted by Gasteiger charge is -2.39. The number of sulfone groups is 1. The maximum Gasteiger partial charge on any atom is 0.404 e. The number of nitrogens with zero attached hydrogens (tertiary/aromatic N) is 1. The first-order valence-corrected chi connectivity index (χ1v) is 7.10. The molecule has 0 amide bonds. The molecule has 1 aliphatic heterocycles. The largest absolute Gasteiger partial charge is 0.481 e. The smallest absolute Gasteiger partial charge is 0.404 e. The summed E-state index contributed by atoms with van der Waals surface area (Å²) in [7, 11) is -3.33. The average molecular weight is 289 g/mol. The van der Waals surface area contributed by atoms with Crippen LogP contribution in [0.1, 0.15) is 13.3 Å². The fourth-order valence-corrected chi connectivity index (χ4v) is 3.64. The Bertz CT molecular complexity index is 420. The summed E-state index contributed by atoms with van der Waals surface area (Å²) in [5, 5.41) is 8.52. The Balaban J connectivity index is 2.90. The summed E-state index contributed by atoms with van der Waals surface area (Å²) in [6.07, 6.45) is -5.76. The Morgan fingerprint density at radius 3 is 2.44 bits per heavy atom. The molecule has 0 aromatic heterocycles. The van der Waals surface area contributed by atoms with E-state index in [2.05, 4.69) is 0 Å². The van der Waals surface area contributed by atoms with Crippen molar-refractivity contribution in [3.8, 4) is 0 Å². The van der Waals surface area contributed by atoms with Gasteiger partial charge in [-0.05, 0) is 6.92 Å². The lowest BCUT2D eigenvalue weighted by atomic mass is 10.1. The van der Waals surface area contributed by atoms with Crippen molar-refractivity contribution in [1.29, 1.82) is 0 Å². The highest BCUT2D eigenvalue weighted by Gasteiger charge is 2.47. The standard InChI is InChI=1S/C9H14F3NO4S/c1-6-5-18(16,17)3-2-13(6)7(4-8(14)15)9(10,11)12/h6-7H,2-5H2,1H3,(H,14,15). The first-order chi connectivity index (χ1) is 8.03. The molecule has 18 heavy (non-hydrogen) atoms. The van der Waals surface area contributed by atoms with Crippen LogP contribution in [-0.4, -0.2) is 60.7 Å². The van der Waals surface area contributed by atoms with E-state index in [4.69, 9.17) is 5.11 Å². The zero-order chi connectivity index (χ0) is 14.1. The second kappa shape index (κ2) is 5.04. The number of carboxylic acids is 1. The van der Waals surface area contributed by atoms with Gasteiger partial charge in [0.15, 0.2) is 9.84 Å². The molecule has 0 aromatic rings. The van der Waals surface area contributed by atoms with Crippen LogP contribution in [0.4, 0.5) is 13.2 Å². The van der Waals surface area contributed by atoms with E-state index in [0.29, 0.717) is 0 Å². The number of aliphatic carboxylic acids is 1. The van der Waals surface area contributed by atoms with E-state index in [-0.39, 0.29) is 18.1 Å². The van der Waals surface area contributed by atoms with Crippen LogP contribution < -0.4 is 0 Å². The zero-order valence-electron chi connectivity index (χ0n) is 9.64. The number of alkyl halides is 3. The number of halogens is 3. The number of rotatable bonds is 3. The second-order valence-electron chi connectivity index (χ2n) is 4.36. The van der Waals surface area contributed by atoms with Crippen molar-refractivity contribution in [3.63, 3.8) is 0 Å². The Morgan fingerprint density at radius 1 is 1.50 bits per heavy atom. The van der Waals surface area contributed by atoms with E-state index < -0.39 is 40.5 Å². The van der Waals surface area contributed by atoms with E-state index >= 15 is 0 Å². The highest BCUT2D eigenvalue weighted by atomic mass is 32.2. The molecule has 1 N–H and O–H groups in total. The molecule has 1 aliphatic rings. The van der Waals surface area contributed by atoms with Gasteiger partial charge in [0.2, 0.25) is 0 Å². The second-order valence-corrected chi connectivity index (χ2v) is 6.59. The molecule has 1 saturated heterocycles. The highest BCUT2D eigenvalue weighted by Crippen LogP contribution is 2.30. The van der Waals surface area contributed by atoms with Gasteiger partial charge in [0.25, 0.3) is 0 Å². The van der Waals surface area contributed by atoms with Gasteiger partial charge in [-0.25, -0.2) is 8.42 Å². The van der Waals surface area contributed by atoms with Crippen LogP contribution in [0.3, 0.4) is 0 Å². The van der Waals surface area contributed by atoms with Crippen molar-refractivity contribution in [3.05, 3.63) is 0 Å². The predicted octanol–water partition coefficient (Wildman–Crippen LogP) is 0.511. The van der Waals surface area contributed by atoms with Crippen LogP contribution in [0.25, 0.3) is 0 Å². The van der Waals surface area contributed by atoms with Crippen LogP contribution in [0.2, 0.25) is 0 Å². The summed E-state index contributed by atoms with van der Waals surface area (Å²) in [5.41, 5.74) is 0. The SMILES string of the molecule is CC1CS(=O)(=O)CCN1C(CC(=O)O)C(F)(F)F. The van der Waals surface area contributed by atoms with Crippen molar-refractivity contribution in [2.45, 2.75) is 31.6 Å². The third-order valence-corrected chi connectivity index (χ3v) is 4.66.